The molecule has 2 aromatic rings. The van der Waals surface area contributed by atoms with Crippen LogP contribution < -0.4 is 4.90 Å². The smallest absolute Gasteiger partial charge is 0.145 e. The monoisotopic (exact) mass is 393 g/mol. The zero-order valence-corrected chi connectivity index (χ0v) is 17.0. The van der Waals surface area contributed by atoms with Crippen LogP contribution in [-0.2, 0) is 0 Å². The number of hydrogen-bond donors (Lipinski definition) is 0. The maximum Gasteiger partial charge on any atom is 0.145 e. The largest absolute Gasteiger partial charge is 0.312 e. The molecule has 0 N–H and O–H groups in total. The van der Waals surface area contributed by atoms with Gasteiger partial charge in [-0.3, -0.25) is 4.90 Å². The van der Waals surface area contributed by atoms with Crippen LogP contribution in [0.3, 0.4) is 0 Å². The Balaban J connectivity index is 1.42. The maximum absolute atomic E-state index is 14.0. The Labute approximate surface area is 171 Å². The predicted octanol–water partition coefficient (Wildman–Crippen LogP) is 3.94. The van der Waals surface area contributed by atoms with Gasteiger partial charge in [-0.15, -0.1) is 0 Å². The lowest BCUT2D eigenvalue weighted by Gasteiger charge is -2.45. The van der Waals surface area contributed by atoms with E-state index in [-0.39, 0.29) is 12.0 Å². The Hall–Kier alpha value is -2.31. The third-order valence-corrected chi connectivity index (χ3v) is 6.60. The quantitative estimate of drug-likeness (QED) is 0.789. The molecule has 0 bridgehead atoms. The van der Waals surface area contributed by atoms with E-state index in [4.69, 9.17) is 0 Å². The molecule has 0 amide bonds. The summed E-state index contributed by atoms with van der Waals surface area (Å²) in [5.41, 5.74) is 2.05. The molecule has 3 aliphatic heterocycles. The Morgan fingerprint density at radius 3 is 2.59 bits per heavy atom. The van der Waals surface area contributed by atoms with Crippen molar-refractivity contribution in [3.63, 3.8) is 0 Å². The van der Waals surface area contributed by atoms with E-state index in [1.165, 1.54) is 50.4 Å². The van der Waals surface area contributed by atoms with Crippen LogP contribution in [0.5, 0.6) is 0 Å². The lowest BCUT2D eigenvalue weighted by atomic mass is 10.00. The first-order valence-corrected chi connectivity index (χ1v) is 10.7. The number of benzene rings is 1. The molecule has 5 rings (SSSR count). The number of aromatic nitrogens is 2. The van der Waals surface area contributed by atoms with E-state index in [1.54, 1.807) is 18.5 Å². The van der Waals surface area contributed by atoms with Crippen molar-refractivity contribution in [2.75, 3.05) is 31.1 Å². The number of halogens is 1. The highest BCUT2D eigenvalue weighted by Gasteiger charge is 2.34. The molecule has 0 aliphatic carbocycles. The summed E-state index contributed by atoms with van der Waals surface area (Å²) < 4.78 is 14.0. The molecule has 1 unspecified atom stereocenters. The number of piperidine rings is 1. The van der Waals surface area contributed by atoms with Crippen LogP contribution in [0.25, 0.3) is 10.9 Å². The molecule has 2 fully saturated rings. The standard InChI is InChI=1S/C23H28FN5/c1-17-5-4-12-29(22-20-15-18(24)6-7-21(20)25-16-26-22)23(17)28-13-8-19(9-14-28)27-10-2-3-11-27/h4-7,12,15-16,19,23H,2-3,8-11,13-14H2,1H3. The summed E-state index contributed by atoms with van der Waals surface area (Å²) in [6, 6.07) is 5.45. The highest BCUT2D eigenvalue weighted by molar-refractivity contribution is 5.90. The van der Waals surface area contributed by atoms with Crippen LogP contribution in [-0.4, -0.2) is 58.2 Å². The summed E-state index contributed by atoms with van der Waals surface area (Å²) in [4.78, 5) is 16.3. The van der Waals surface area contributed by atoms with Crippen molar-refractivity contribution in [1.82, 2.24) is 19.8 Å². The van der Waals surface area contributed by atoms with Crippen LogP contribution in [0.1, 0.15) is 32.6 Å². The van der Waals surface area contributed by atoms with Crippen LogP contribution in [0, 0.1) is 5.82 Å². The minimum absolute atomic E-state index is 0.112. The van der Waals surface area contributed by atoms with Crippen molar-refractivity contribution in [3.05, 3.63) is 54.3 Å². The Morgan fingerprint density at radius 1 is 1.00 bits per heavy atom. The average Bonchev–Trinajstić information content (AvgIpc) is 3.28. The van der Waals surface area contributed by atoms with Gasteiger partial charge >= 0.3 is 0 Å². The van der Waals surface area contributed by atoms with Crippen LogP contribution in [0.2, 0.25) is 0 Å². The zero-order valence-electron chi connectivity index (χ0n) is 17.0. The van der Waals surface area contributed by atoms with Crippen molar-refractivity contribution in [1.29, 1.82) is 0 Å². The Kier molecular flexibility index (Phi) is 5.06. The lowest BCUT2D eigenvalue weighted by molar-refractivity contribution is 0.107. The number of allylic oxidation sites excluding steroid dienone is 2. The summed E-state index contributed by atoms with van der Waals surface area (Å²) in [6.07, 6.45) is 13.1. The van der Waals surface area contributed by atoms with Gasteiger partial charge in [0.15, 0.2) is 0 Å². The molecule has 4 heterocycles. The van der Waals surface area contributed by atoms with Gasteiger partial charge in [0.2, 0.25) is 0 Å². The molecule has 3 aliphatic rings. The van der Waals surface area contributed by atoms with Gasteiger partial charge in [0.1, 0.15) is 24.1 Å². The van der Waals surface area contributed by atoms with Gasteiger partial charge in [0.25, 0.3) is 0 Å². The molecule has 152 valence electrons. The first-order chi connectivity index (χ1) is 14.2. The van der Waals surface area contributed by atoms with Gasteiger partial charge in [-0.25, -0.2) is 14.4 Å². The molecule has 1 atom stereocenters. The number of anilines is 1. The normalized spacial score (nSPS) is 24.4. The summed E-state index contributed by atoms with van der Waals surface area (Å²) >= 11 is 0. The number of fused-ring (bicyclic) bond motifs is 1. The number of hydrogen-bond acceptors (Lipinski definition) is 5. The van der Waals surface area contributed by atoms with Crippen LogP contribution in [0.15, 0.2) is 48.5 Å². The van der Waals surface area contributed by atoms with Gasteiger partial charge in [-0.1, -0.05) is 6.08 Å². The van der Waals surface area contributed by atoms with E-state index in [1.807, 2.05) is 0 Å². The van der Waals surface area contributed by atoms with Gasteiger partial charge in [-0.2, -0.15) is 0 Å². The van der Waals surface area contributed by atoms with Gasteiger partial charge in [0.05, 0.1) is 5.52 Å². The predicted molar refractivity (Wildman–Crippen MR) is 114 cm³/mol. The fourth-order valence-corrected chi connectivity index (χ4v) is 5.15. The zero-order chi connectivity index (χ0) is 19.8. The fraction of sp³-hybridized carbons (Fsp3) is 0.478. The molecule has 6 heteroatoms. The molecule has 2 saturated heterocycles. The van der Waals surface area contributed by atoms with Crippen LogP contribution >= 0.6 is 0 Å². The first kappa shape index (κ1) is 18.7. The van der Waals surface area contributed by atoms with Crippen molar-refractivity contribution in [2.24, 2.45) is 0 Å². The molecular weight excluding hydrogens is 365 g/mol. The second kappa shape index (κ2) is 7.84. The topological polar surface area (TPSA) is 35.5 Å². The Morgan fingerprint density at radius 2 is 1.79 bits per heavy atom. The summed E-state index contributed by atoms with van der Waals surface area (Å²) in [7, 11) is 0. The van der Waals surface area contributed by atoms with E-state index >= 15 is 0 Å². The van der Waals surface area contributed by atoms with Crippen molar-refractivity contribution < 1.29 is 4.39 Å². The Bertz CT molecular complexity index is 941. The second-order valence-corrected chi connectivity index (χ2v) is 8.40. The number of rotatable bonds is 3. The highest BCUT2D eigenvalue weighted by Crippen LogP contribution is 2.32. The molecule has 0 saturated carbocycles. The molecule has 29 heavy (non-hydrogen) atoms. The van der Waals surface area contributed by atoms with E-state index in [2.05, 4.69) is 49.9 Å². The molecular formula is C23H28FN5. The summed E-state index contributed by atoms with van der Waals surface area (Å²) in [5, 5.41) is 0.754. The van der Waals surface area contributed by atoms with Crippen molar-refractivity contribution >= 4 is 16.7 Å². The third-order valence-electron chi connectivity index (χ3n) is 6.60. The van der Waals surface area contributed by atoms with Crippen molar-refractivity contribution in [2.45, 2.75) is 44.8 Å². The minimum atomic E-state index is -0.259. The third kappa shape index (κ3) is 3.55. The van der Waals surface area contributed by atoms with Crippen molar-refractivity contribution in [3.8, 4) is 0 Å². The average molecular weight is 394 g/mol. The first-order valence-electron chi connectivity index (χ1n) is 10.7. The molecule has 0 spiro atoms. The highest BCUT2D eigenvalue weighted by atomic mass is 19.1. The van der Waals surface area contributed by atoms with E-state index in [0.717, 1.165) is 35.9 Å². The number of nitrogens with zero attached hydrogens (tertiary/aromatic N) is 5. The second-order valence-electron chi connectivity index (χ2n) is 8.40. The lowest BCUT2D eigenvalue weighted by Crippen LogP contribution is -2.53. The molecule has 1 aromatic heterocycles. The number of likely N-dealkylation sites (tertiary alicyclic amines) is 2. The van der Waals surface area contributed by atoms with E-state index < -0.39 is 0 Å². The van der Waals surface area contributed by atoms with Gasteiger partial charge in [0, 0.05) is 30.7 Å². The van der Waals surface area contributed by atoms with Gasteiger partial charge in [-0.05, 0) is 75.5 Å². The minimum Gasteiger partial charge on any atom is -0.312 e. The molecule has 5 nitrogen and oxygen atoms in total. The summed E-state index contributed by atoms with van der Waals surface area (Å²) in [5.74, 6) is 0.509. The molecule has 1 aromatic carbocycles. The summed E-state index contributed by atoms with van der Waals surface area (Å²) in [6.45, 7) is 6.84. The van der Waals surface area contributed by atoms with E-state index in [0.29, 0.717) is 0 Å². The van der Waals surface area contributed by atoms with Crippen LogP contribution in [0.4, 0.5) is 10.2 Å². The van der Waals surface area contributed by atoms with E-state index in [9.17, 15) is 4.39 Å². The SMILES string of the molecule is CC1=CC=CN(c2ncnc3ccc(F)cc23)C1N1CCC(N2CCCC2)CC1. The van der Waals surface area contributed by atoms with Gasteiger partial charge < -0.3 is 9.80 Å². The maximum atomic E-state index is 14.0. The fourth-order valence-electron chi connectivity index (χ4n) is 5.15. The molecule has 0 radical (unpaired) electrons.